The van der Waals surface area contributed by atoms with Crippen LogP contribution in [0.15, 0.2) is 66.9 Å². The van der Waals surface area contributed by atoms with Gasteiger partial charge in [-0.2, -0.15) is 0 Å². The van der Waals surface area contributed by atoms with Crippen molar-refractivity contribution in [3.05, 3.63) is 78.0 Å². The van der Waals surface area contributed by atoms with Crippen LogP contribution in [0, 0.1) is 0 Å². The van der Waals surface area contributed by atoms with Gasteiger partial charge in [-0.15, -0.1) is 0 Å². The highest BCUT2D eigenvalue weighted by Crippen LogP contribution is 2.27. The Kier molecular flexibility index (Phi) is 5.11. The summed E-state index contributed by atoms with van der Waals surface area (Å²) in [5, 5.41) is 10.7. The molecule has 0 radical (unpaired) electrons. The SMILES string of the molecule is O=C(CC1(O)CCN(C=Cc2ccccc2)CC1)c1ccccc1. The molecule has 0 atom stereocenters. The van der Waals surface area contributed by atoms with Crippen LogP contribution in [0.2, 0.25) is 0 Å². The number of hydrogen-bond donors (Lipinski definition) is 1. The van der Waals surface area contributed by atoms with Crippen LogP contribution in [0.3, 0.4) is 0 Å². The van der Waals surface area contributed by atoms with Gasteiger partial charge in [-0.1, -0.05) is 60.7 Å². The second-order valence-corrected chi connectivity index (χ2v) is 6.45. The van der Waals surface area contributed by atoms with E-state index in [1.165, 1.54) is 0 Å². The largest absolute Gasteiger partial charge is 0.389 e. The number of carbonyl (C=O) groups is 1. The van der Waals surface area contributed by atoms with Gasteiger partial charge in [-0.05, 0) is 30.7 Å². The first-order valence-corrected chi connectivity index (χ1v) is 8.43. The van der Waals surface area contributed by atoms with Crippen molar-refractivity contribution in [1.82, 2.24) is 4.90 Å². The lowest BCUT2D eigenvalue weighted by atomic mass is 9.85. The summed E-state index contributed by atoms with van der Waals surface area (Å²) in [4.78, 5) is 14.5. The Bertz CT molecular complexity index is 686. The lowest BCUT2D eigenvalue weighted by molar-refractivity contribution is -0.0132. The molecule has 124 valence electrons. The van der Waals surface area contributed by atoms with Crippen molar-refractivity contribution in [1.29, 1.82) is 0 Å². The minimum atomic E-state index is -0.885. The van der Waals surface area contributed by atoms with Crippen LogP contribution in [0.5, 0.6) is 0 Å². The van der Waals surface area contributed by atoms with Crippen LogP contribution in [0.1, 0.15) is 35.2 Å². The lowest BCUT2D eigenvalue weighted by Gasteiger charge is -2.37. The minimum Gasteiger partial charge on any atom is -0.389 e. The van der Waals surface area contributed by atoms with E-state index in [0.717, 1.165) is 18.7 Å². The zero-order valence-electron chi connectivity index (χ0n) is 13.8. The fraction of sp³-hybridized carbons (Fsp3) is 0.286. The summed E-state index contributed by atoms with van der Waals surface area (Å²) in [6.07, 6.45) is 5.59. The number of hydrogen-bond acceptors (Lipinski definition) is 3. The summed E-state index contributed by atoms with van der Waals surface area (Å²) in [5.74, 6) is 0.0198. The number of likely N-dealkylation sites (tertiary alicyclic amines) is 1. The zero-order chi connectivity index (χ0) is 16.8. The molecule has 2 aromatic rings. The molecular formula is C21H23NO2. The molecule has 3 nitrogen and oxygen atoms in total. The fourth-order valence-electron chi connectivity index (χ4n) is 3.05. The average Bonchev–Trinajstić information content (AvgIpc) is 2.63. The number of nitrogens with zero attached hydrogens (tertiary/aromatic N) is 1. The fourth-order valence-corrected chi connectivity index (χ4v) is 3.05. The quantitative estimate of drug-likeness (QED) is 0.853. The third-order valence-corrected chi connectivity index (χ3v) is 4.59. The van der Waals surface area contributed by atoms with Gasteiger partial charge in [0.2, 0.25) is 0 Å². The van der Waals surface area contributed by atoms with E-state index in [9.17, 15) is 9.90 Å². The van der Waals surface area contributed by atoms with E-state index in [-0.39, 0.29) is 12.2 Å². The smallest absolute Gasteiger partial charge is 0.165 e. The Morgan fingerprint density at radius 2 is 1.58 bits per heavy atom. The molecule has 1 aliphatic heterocycles. The maximum Gasteiger partial charge on any atom is 0.165 e. The number of piperidine rings is 1. The van der Waals surface area contributed by atoms with Crippen molar-refractivity contribution in [2.24, 2.45) is 0 Å². The molecule has 1 fully saturated rings. The topological polar surface area (TPSA) is 40.5 Å². The molecule has 0 aromatic heterocycles. The van der Waals surface area contributed by atoms with Gasteiger partial charge < -0.3 is 10.0 Å². The van der Waals surface area contributed by atoms with E-state index in [0.29, 0.717) is 18.4 Å². The normalized spacial score (nSPS) is 17.1. The molecule has 1 saturated heterocycles. The van der Waals surface area contributed by atoms with Crippen LogP contribution in [0.25, 0.3) is 6.08 Å². The third kappa shape index (κ3) is 4.33. The summed E-state index contributed by atoms with van der Waals surface area (Å²) < 4.78 is 0. The molecule has 3 rings (SSSR count). The van der Waals surface area contributed by atoms with E-state index < -0.39 is 5.60 Å². The monoisotopic (exact) mass is 321 g/mol. The predicted molar refractivity (Wildman–Crippen MR) is 96.6 cm³/mol. The Morgan fingerprint density at radius 1 is 1.00 bits per heavy atom. The molecule has 0 spiro atoms. The molecule has 3 heteroatoms. The van der Waals surface area contributed by atoms with Crippen molar-refractivity contribution in [2.75, 3.05) is 13.1 Å². The van der Waals surface area contributed by atoms with Gasteiger partial charge in [0.05, 0.1) is 5.60 Å². The van der Waals surface area contributed by atoms with E-state index in [4.69, 9.17) is 0 Å². The molecule has 0 saturated carbocycles. The summed E-state index contributed by atoms with van der Waals surface area (Å²) in [6.45, 7) is 1.53. The maximum atomic E-state index is 12.3. The van der Waals surface area contributed by atoms with Gasteiger partial charge >= 0.3 is 0 Å². The molecule has 1 aliphatic rings. The number of rotatable bonds is 5. The molecule has 1 heterocycles. The number of benzene rings is 2. The molecule has 0 aliphatic carbocycles. The standard InChI is InChI=1S/C21H23NO2/c23-20(19-9-5-2-6-10-19)17-21(24)12-15-22(16-13-21)14-11-18-7-3-1-4-8-18/h1-11,14,24H,12-13,15-17H2. The molecule has 0 amide bonds. The minimum absolute atomic E-state index is 0.0198. The highest BCUT2D eigenvalue weighted by molar-refractivity contribution is 5.96. The van der Waals surface area contributed by atoms with Crippen LogP contribution in [-0.2, 0) is 0 Å². The number of carbonyl (C=O) groups excluding carboxylic acids is 1. The lowest BCUT2D eigenvalue weighted by Crippen LogP contribution is -2.43. The van der Waals surface area contributed by atoms with Crippen molar-refractivity contribution >= 4 is 11.9 Å². The number of Topliss-reactive ketones (excluding diaryl/α,β-unsaturated/α-hetero) is 1. The van der Waals surface area contributed by atoms with Crippen molar-refractivity contribution in [2.45, 2.75) is 24.9 Å². The van der Waals surface area contributed by atoms with E-state index in [1.54, 1.807) is 0 Å². The maximum absolute atomic E-state index is 12.3. The molecular weight excluding hydrogens is 298 g/mol. The summed E-state index contributed by atoms with van der Waals surface area (Å²) in [5.41, 5.74) is 0.958. The highest BCUT2D eigenvalue weighted by Gasteiger charge is 2.33. The molecule has 0 unspecified atom stereocenters. The van der Waals surface area contributed by atoms with Gasteiger partial charge in [-0.25, -0.2) is 0 Å². The molecule has 1 N–H and O–H groups in total. The first-order chi connectivity index (χ1) is 11.6. The van der Waals surface area contributed by atoms with E-state index >= 15 is 0 Å². The van der Waals surface area contributed by atoms with Crippen molar-refractivity contribution in [3.8, 4) is 0 Å². The number of ketones is 1. The molecule has 2 aromatic carbocycles. The highest BCUT2D eigenvalue weighted by atomic mass is 16.3. The Morgan fingerprint density at radius 3 is 2.21 bits per heavy atom. The van der Waals surface area contributed by atoms with E-state index in [1.807, 2.05) is 48.5 Å². The van der Waals surface area contributed by atoms with Crippen LogP contribution >= 0.6 is 0 Å². The van der Waals surface area contributed by atoms with Gasteiger partial charge in [0.25, 0.3) is 0 Å². The second kappa shape index (κ2) is 7.45. The summed E-state index contributed by atoms with van der Waals surface area (Å²) >= 11 is 0. The van der Waals surface area contributed by atoms with Gasteiger partial charge in [0.15, 0.2) is 5.78 Å². The first-order valence-electron chi connectivity index (χ1n) is 8.43. The average molecular weight is 321 g/mol. The third-order valence-electron chi connectivity index (χ3n) is 4.59. The van der Waals surface area contributed by atoms with Crippen LogP contribution in [0.4, 0.5) is 0 Å². The van der Waals surface area contributed by atoms with Crippen LogP contribution in [-0.4, -0.2) is 34.5 Å². The Labute approximate surface area is 143 Å². The van der Waals surface area contributed by atoms with Crippen molar-refractivity contribution < 1.29 is 9.90 Å². The van der Waals surface area contributed by atoms with E-state index in [2.05, 4.69) is 29.3 Å². The molecule has 0 bridgehead atoms. The Hall–Kier alpha value is -2.39. The summed E-state index contributed by atoms with van der Waals surface area (Å²) in [7, 11) is 0. The van der Waals surface area contributed by atoms with Crippen LogP contribution < -0.4 is 0 Å². The second-order valence-electron chi connectivity index (χ2n) is 6.45. The Balaban J connectivity index is 1.54. The van der Waals surface area contributed by atoms with Gasteiger partial charge in [0, 0.05) is 25.1 Å². The number of aliphatic hydroxyl groups is 1. The van der Waals surface area contributed by atoms with Gasteiger partial charge in [0.1, 0.15) is 0 Å². The predicted octanol–water partition coefficient (Wildman–Crippen LogP) is 3.76. The molecule has 24 heavy (non-hydrogen) atoms. The van der Waals surface area contributed by atoms with Gasteiger partial charge in [-0.3, -0.25) is 4.79 Å². The van der Waals surface area contributed by atoms with Crippen molar-refractivity contribution in [3.63, 3.8) is 0 Å². The first kappa shape index (κ1) is 16.5. The zero-order valence-corrected chi connectivity index (χ0v) is 13.8. The summed E-state index contributed by atoms with van der Waals surface area (Å²) in [6, 6.07) is 19.4.